The number of pyridine rings is 2. The molecule has 0 saturated carbocycles. The number of anilines is 1. The van der Waals surface area contributed by atoms with Crippen LogP contribution in [0.5, 0.6) is 0 Å². The SMILES string of the molecule is NNc1ccc(Cl)c(C(=O)NCc2cccnc2)n1. The van der Waals surface area contributed by atoms with Gasteiger partial charge in [0.15, 0.2) is 0 Å². The lowest BCUT2D eigenvalue weighted by Crippen LogP contribution is -2.24. The molecule has 98 valence electrons. The lowest BCUT2D eigenvalue weighted by molar-refractivity contribution is 0.0946. The molecule has 0 spiro atoms. The van der Waals surface area contributed by atoms with Gasteiger partial charge < -0.3 is 10.7 Å². The summed E-state index contributed by atoms with van der Waals surface area (Å²) in [5, 5.41) is 2.98. The first-order valence-corrected chi connectivity index (χ1v) is 5.89. The molecule has 7 heteroatoms. The minimum absolute atomic E-state index is 0.126. The molecule has 0 unspecified atom stereocenters. The summed E-state index contributed by atoms with van der Waals surface area (Å²) < 4.78 is 0. The molecule has 0 bridgehead atoms. The molecule has 0 aliphatic rings. The molecule has 4 N–H and O–H groups in total. The third kappa shape index (κ3) is 3.40. The van der Waals surface area contributed by atoms with Crippen LogP contribution in [0.1, 0.15) is 16.1 Å². The van der Waals surface area contributed by atoms with Crippen LogP contribution in [0, 0.1) is 0 Å². The minimum Gasteiger partial charge on any atom is -0.347 e. The maximum Gasteiger partial charge on any atom is 0.271 e. The predicted molar refractivity (Wildman–Crippen MR) is 72.5 cm³/mol. The fourth-order valence-electron chi connectivity index (χ4n) is 1.45. The van der Waals surface area contributed by atoms with Gasteiger partial charge in [-0.15, -0.1) is 0 Å². The van der Waals surface area contributed by atoms with Crippen molar-refractivity contribution in [1.82, 2.24) is 15.3 Å². The van der Waals surface area contributed by atoms with E-state index in [4.69, 9.17) is 17.4 Å². The number of nitrogens with two attached hydrogens (primary N) is 1. The van der Waals surface area contributed by atoms with E-state index in [1.165, 1.54) is 0 Å². The zero-order chi connectivity index (χ0) is 13.7. The highest BCUT2D eigenvalue weighted by Gasteiger charge is 2.12. The zero-order valence-corrected chi connectivity index (χ0v) is 10.7. The van der Waals surface area contributed by atoms with Crippen molar-refractivity contribution in [2.75, 3.05) is 5.43 Å². The van der Waals surface area contributed by atoms with E-state index in [0.717, 1.165) is 5.56 Å². The van der Waals surface area contributed by atoms with Gasteiger partial charge in [-0.1, -0.05) is 17.7 Å². The van der Waals surface area contributed by atoms with Gasteiger partial charge in [0, 0.05) is 18.9 Å². The van der Waals surface area contributed by atoms with Crippen LogP contribution in [0.25, 0.3) is 0 Å². The van der Waals surface area contributed by atoms with Crippen LogP contribution in [0.3, 0.4) is 0 Å². The Morgan fingerprint density at radius 2 is 2.21 bits per heavy atom. The van der Waals surface area contributed by atoms with Crippen molar-refractivity contribution in [2.45, 2.75) is 6.54 Å². The van der Waals surface area contributed by atoms with Gasteiger partial charge in [-0.2, -0.15) is 0 Å². The molecule has 0 saturated heterocycles. The Kier molecular flexibility index (Phi) is 4.27. The average Bonchev–Trinajstić information content (AvgIpc) is 2.46. The number of hydrogen-bond acceptors (Lipinski definition) is 5. The van der Waals surface area contributed by atoms with Crippen molar-refractivity contribution < 1.29 is 4.79 Å². The molecule has 2 aromatic rings. The topological polar surface area (TPSA) is 92.9 Å². The fourth-order valence-corrected chi connectivity index (χ4v) is 1.64. The third-order valence-electron chi connectivity index (χ3n) is 2.38. The normalized spacial score (nSPS) is 10.0. The molecule has 1 amide bonds. The van der Waals surface area contributed by atoms with E-state index in [0.29, 0.717) is 12.4 Å². The van der Waals surface area contributed by atoms with Crippen molar-refractivity contribution in [3.8, 4) is 0 Å². The number of carbonyl (C=O) groups excluding carboxylic acids is 1. The first-order chi connectivity index (χ1) is 9.20. The van der Waals surface area contributed by atoms with Gasteiger partial charge in [0.05, 0.1) is 5.02 Å². The second kappa shape index (κ2) is 6.12. The molecule has 0 radical (unpaired) electrons. The van der Waals surface area contributed by atoms with Crippen LogP contribution in [-0.2, 0) is 6.54 Å². The van der Waals surface area contributed by atoms with E-state index in [1.54, 1.807) is 30.6 Å². The third-order valence-corrected chi connectivity index (χ3v) is 2.69. The Labute approximate surface area is 115 Å². The second-order valence-electron chi connectivity index (χ2n) is 3.72. The molecule has 0 atom stereocenters. The number of nitrogens with zero attached hydrogens (tertiary/aromatic N) is 2. The molecule has 2 heterocycles. The Morgan fingerprint density at radius 1 is 1.37 bits per heavy atom. The molecule has 0 aliphatic carbocycles. The number of aromatic nitrogens is 2. The summed E-state index contributed by atoms with van der Waals surface area (Å²) in [5.74, 6) is 5.24. The average molecular weight is 278 g/mol. The Balaban J connectivity index is 2.08. The minimum atomic E-state index is -0.369. The van der Waals surface area contributed by atoms with E-state index in [9.17, 15) is 4.79 Å². The lowest BCUT2D eigenvalue weighted by Gasteiger charge is -2.07. The molecule has 19 heavy (non-hydrogen) atoms. The molecule has 0 aromatic carbocycles. The number of amides is 1. The molecule has 2 aromatic heterocycles. The highest BCUT2D eigenvalue weighted by atomic mass is 35.5. The first-order valence-electron chi connectivity index (χ1n) is 5.51. The van der Waals surface area contributed by atoms with E-state index >= 15 is 0 Å². The number of halogens is 1. The molecular formula is C12H12ClN5O. The number of nitrogen functional groups attached to an aromatic ring is 1. The van der Waals surface area contributed by atoms with Gasteiger partial charge in [-0.05, 0) is 23.8 Å². The summed E-state index contributed by atoms with van der Waals surface area (Å²) in [6.07, 6.45) is 3.34. The van der Waals surface area contributed by atoms with Gasteiger partial charge in [0.25, 0.3) is 5.91 Å². The first kappa shape index (κ1) is 13.3. The highest BCUT2D eigenvalue weighted by Crippen LogP contribution is 2.16. The Bertz CT molecular complexity index is 576. The number of nitrogens with one attached hydrogen (secondary N) is 2. The van der Waals surface area contributed by atoms with Gasteiger partial charge in [0.1, 0.15) is 11.5 Å². The maximum absolute atomic E-state index is 12.0. The quantitative estimate of drug-likeness (QED) is 0.579. The van der Waals surface area contributed by atoms with Gasteiger partial charge in [-0.25, -0.2) is 10.8 Å². The van der Waals surface area contributed by atoms with Crippen molar-refractivity contribution in [2.24, 2.45) is 5.84 Å². The second-order valence-corrected chi connectivity index (χ2v) is 4.12. The monoisotopic (exact) mass is 277 g/mol. The van der Waals surface area contributed by atoms with Crippen molar-refractivity contribution in [1.29, 1.82) is 0 Å². The molecule has 0 fully saturated rings. The van der Waals surface area contributed by atoms with E-state index < -0.39 is 0 Å². The van der Waals surface area contributed by atoms with Gasteiger partial charge in [0.2, 0.25) is 0 Å². The molecule has 6 nitrogen and oxygen atoms in total. The number of hydrazine groups is 1. The van der Waals surface area contributed by atoms with Gasteiger partial charge >= 0.3 is 0 Å². The van der Waals surface area contributed by atoms with Crippen LogP contribution in [-0.4, -0.2) is 15.9 Å². The molecule has 2 rings (SSSR count). The summed E-state index contributed by atoms with van der Waals surface area (Å²) in [6.45, 7) is 0.352. The number of hydrogen-bond donors (Lipinski definition) is 3. The molecule has 0 aliphatic heterocycles. The van der Waals surface area contributed by atoms with Crippen LogP contribution >= 0.6 is 11.6 Å². The van der Waals surface area contributed by atoms with Crippen molar-refractivity contribution in [3.05, 3.63) is 52.9 Å². The Morgan fingerprint density at radius 3 is 2.89 bits per heavy atom. The number of carbonyl (C=O) groups is 1. The summed E-state index contributed by atoms with van der Waals surface area (Å²) in [4.78, 5) is 19.9. The lowest BCUT2D eigenvalue weighted by atomic mass is 10.2. The van der Waals surface area contributed by atoms with Crippen LogP contribution in [0.15, 0.2) is 36.7 Å². The summed E-state index contributed by atoms with van der Waals surface area (Å²) >= 11 is 5.93. The predicted octanol–water partition coefficient (Wildman–Crippen LogP) is 1.35. The number of rotatable bonds is 4. The van der Waals surface area contributed by atoms with Crippen LogP contribution in [0.2, 0.25) is 5.02 Å². The smallest absolute Gasteiger partial charge is 0.271 e. The van der Waals surface area contributed by atoms with Gasteiger partial charge in [-0.3, -0.25) is 9.78 Å². The highest BCUT2D eigenvalue weighted by molar-refractivity contribution is 6.33. The van der Waals surface area contributed by atoms with Crippen molar-refractivity contribution in [3.63, 3.8) is 0 Å². The van der Waals surface area contributed by atoms with Crippen molar-refractivity contribution >= 4 is 23.3 Å². The molecular weight excluding hydrogens is 266 g/mol. The zero-order valence-electron chi connectivity index (χ0n) is 9.93. The van der Waals surface area contributed by atoms with E-state index in [2.05, 4.69) is 20.7 Å². The maximum atomic E-state index is 12.0. The Hall–Kier alpha value is -2.18. The van der Waals surface area contributed by atoms with Crippen LogP contribution in [0.4, 0.5) is 5.82 Å². The van der Waals surface area contributed by atoms with E-state index in [1.807, 2.05) is 6.07 Å². The largest absolute Gasteiger partial charge is 0.347 e. The van der Waals surface area contributed by atoms with E-state index in [-0.39, 0.29) is 16.6 Å². The summed E-state index contributed by atoms with van der Waals surface area (Å²) in [5.41, 5.74) is 3.38. The standard InChI is InChI=1S/C12H12ClN5O/c13-9-3-4-10(18-14)17-11(9)12(19)16-7-8-2-1-5-15-6-8/h1-6H,7,14H2,(H,16,19)(H,17,18). The van der Waals surface area contributed by atoms with Crippen LogP contribution < -0.4 is 16.6 Å². The summed E-state index contributed by atoms with van der Waals surface area (Å²) in [7, 11) is 0. The summed E-state index contributed by atoms with van der Waals surface area (Å²) in [6, 6.07) is 6.80. The fraction of sp³-hybridized carbons (Fsp3) is 0.0833.